The first kappa shape index (κ1) is 21.6. The van der Waals surface area contributed by atoms with Gasteiger partial charge in [0.1, 0.15) is 0 Å². The second kappa shape index (κ2) is 10.1. The van der Waals surface area contributed by atoms with Crippen molar-refractivity contribution in [2.75, 3.05) is 29.0 Å². The highest BCUT2D eigenvalue weighted by atomic mass is 32.1. The van der Waals surface area contributed by atoms with Crippen LogP contribution in [0.1, 0.15) is 22.5 Å². The summed E-state index contributed by atoms with van der Waals surface area (Å²) in [7, 11) is 0. The number of piperidine rings is 1. The van der Waals surface area contributed by atoms with Gasteiger partial charge in [-0.05, 0) is 54.6 Å². The molecule has 8 heteroatoms. The van der Waals surface area contributed by atoms with Gasteiger partial charge in [-0.15, -0.1) is 11.3 Å². The summed E-state index contributed by atoms with van der Waals surface area (Å²) in [5, 5.41) is 10.5. The van der Waals surface area contributed by atoms with E-state index in [1.807, 2.05) is 41.8 Å². The van der Waals surface area contributed by atoms with Gasteiger partial charge in [-0.2, -0.15) is 0 Å². The van der Waals surface area contributed by atoms with Gasteiger partial charge in [0, 0.05) is 30.2 Å². The third kappa shape index (κ3) is 5.53. The van der Waals surface area contributed by atoms with Crippen molar-refractivity contribution in [3.63, 3.8) is 0 Å². The lowest BCUT2D eigenvalue weighted by Crippen LogP contribution is -2.45. The van der Waals surface area contributed by atoms with Crippen LogP contribution in [0.4, 0.5) is 21.9 Å². The summed E-state index contributed by atoms with van der Waals surface area (Å²) in [4.78, 5) is 40.0. The van der Waals surface area contributed by atoms with Crippen LogP contribution in [0.25, 0.3) is 0 Å². The van der Waals surface area contributed by atoms with Gasteiger partial charge in [0.2, 0.25) is 5.91 Å². The molecular weight excluding hydrogens is 424 g/mol. The largest absolute Gasteiger partial charge is 0.326 e. The molecule has 0 saturated carbocycles. The highest BCUT2D eigenvalue weighted by molar-refractivity contribution is 7.12. The maximum atomic E-state index is 12.9. The molecule has 1 atom stereocenters. The lowest BCUT2D eigenvalue weighted by atomic mass is 9.97. The van der Waals surface area contributed by atoms with E-state index in [4.69, 9.17) is 0 Å². The third-order valence-corrected chi connectivity index (χ3v) is 6.11. The van der Waals surface area contributed by atoms with Crippen molar-refractivity contribution >= 4 is 46.2 Å². The lowest BCUT2D eigenvalue weighted by molar-refractivity contribution is -0.121. The normalized spacial score (nSPS) is 15.6. The first-order valence-electron chi connectivity index (χ1n) is 10.5. The second-order valence-corrected chi connectivity index (χ2v) is 8.53. The van der Waals surface area contributed by atoms with Crippen molar-refractivity contribution in [3.8, 4) is 0 Å². The maximum absolute atomic E-state index is 12.9. The van der Waals surface area contributed by atoms with Crippen LogP contribution in [0, 0.1) is 5.92 Å². The van der Waals surface area contributed by atoms with Gasteiger partial charge in [-0.1, -0.05) is 30.3 Å². The molecule has 1 aliphatic rings. The summed E-state index contributed by atoms with van der Waals surface area (Å²) in [5.74, 6) is -0.616. The quantitative estimate of drug-likeness (QED) is 0.519. The van der Waals surface area contributed by atoms with Crippen molar-refractivity contribution in [3.05, 3.63) is 77.0 Å². The van der Waals surface area contributed by atoms with E-state index in [1.54, 1.807) is 35.2 Å². The summed E-state index contributed by atoms with van der Waals surface area (Å²) >= 11 is 1.37. The average Bonchev–Trinajstić information content (AvgIpc) is 3.35. The fourth-order valence-electron chi connectivity index (χ4n) is 3.62. The number of benzene rings is 2. The zero-order valence-corrected chi connectivity index (χ0v) is 18.2. The Morgan fingerprint density at radius 3 is 2.34 bits per heavy atom. The Morgan fingerprint density at radius 2 is 1.59 bits per heavy atom. The molecule has 4 amide bonds. The van der Waals surface area contributed by atoms with E-state index in [2.05, 4.69) is 16.0 Å². The molecule has 0 spiro atoms. The van der Waals surface area contributed by atoms with Crippen LogP contribution < -0.4 is 16.0 Å². The molecule has 4 rings (SSSR count). The molecule has 2 aromatic carbocycles. The number of carbonyl (C=O) groups excluding carboxylic acids is 3. The van der Waals surface area contributed by atoms with Crippen LogP contribution in [-0.2, 0) is 4.79 Å². The molecule has 0 bridgehead atoms. The Morgan fingerprint density at radius 1 is 0.844 bits per heavy atom. The molecule has 2 heterocycles. The average molecular weight is 449 g/mol. The third-order valence-electron chi connectivity index (χ3n) is 5.24. The van der Waals surface area contributed by atoms with Crippen LogP contribution in [0.2, 0.25) is 0 Å². The zero-order valence-electron chi connectivity index (χ0n) is 17.4. The highest BCUT2D eigenvalue weighted by Crippen LogP contribution is 2.22. The molecule has 164 valence electrons. The molecule has 1 fully saturated rings. The fourth-order valence-corrected chi connectivity index (χ4v) is 4.24. The SMILES string of the molecule is O=C(Nc1cccc(NC(=O)C2CCCN(C(=O)Nc3ccccc3)C2)c1)c1cccs1. The number of thiophene rings is 1. The molecule has 1 unspecified atom stereocenters. The number of hydrogen-bond acceptors (Lipinski definition) is 4. The Labute approximate surface area is 190 Å². The van der Waals surface area contributed by atoms with Crippen LogP contribution in [-0.4, -0.2) is 35.8 Å². The summed E-state index contributed by atoms with van der Waals surface area (Å²) in [5.41, 5.74) is 1.93. The number of hydrogen-bond donors (Lipinski definition) is 3. The molecule has 0 aliphatic carbocycles. The highest BCUT2D eigenvalue weighted by Gasteiger charge is 2.28. The Hall–Kier alpha value is -3.65. The topological polar surface area (TPSA) is 90.5 Å². The molecule has 1 aliphatic heterocycles. The van der Waals surface area contributed by atoms with E-state index < -0.39 is 0 Å². The Balaban J connectivity index is 1.34. The standard InChI is InChI=1S/C24H24N4O3S/c29-22(17-7-5-13-28(16-17)24(31)27-18-8-2-1-3-9-18)25-19-10-4-11-20(15-19)26-23(30)21-12-6-14-32-21/h1-4,6,8-12,14-15,17H,5,7,13,16H2,(H,25,29)(H,26,30)(H,27,31). The molecule has 32 heavy (non-hydrogen) atoms. The van der Waals surface area contributed by atoms with Gasteiger partial charge in [0.05, 0.1) is 10.8 Å². The van der Waals surface area contributed by atoms with Crippen LogP contribution >= 0.6 is 11.3 Å². The summed E-state index contributed by atoms with van der Waals surface area (Å²) < 4.78 is 0. The van der Waals surface area contributed by atoms with Crippen molar-refractivity contribution < 1.29 is 14.4 Å². The van der Waals surface area contributed by atoms with E-state index in [1.165, 1.54) is 11.3 Å². The van der Waals surface area contributed by atoms with Gasteiger partial charge in [0.15, 0.2) is 0 Å². The van der Waals surface area contributed by atoms with Crippen LogP contribution in [0.15, 0.2) is 72.1 Å². The number of amides is 4. The Bertz CT molecular complexity index is 1090. The maximum Gasteiger partial charge on any atom is 0.321 e. The summed E-state index contributed by atoms with van der Waals surface area (Å²) in [6.45, 7) is 0.978. The number of urea groups is 1. The predicted octanol–water partition coefficient (Wildman–Crippen LogP) is 4.88. The number of carbonyl (C=O) groups is 3. The predicted molar refractivity (Wildman–Crippen MR) is 127 cm³/mol. The minimum atomic E-state index is -0.297. The number of nitrogens with one attached hydrogen (secondary N) is 3. The molecule has 1 saturated heterocycles. The van der Waals surface area contributed by atoms with Crippen molar-refractivity contribution in [1.29, 1.82) is 0 Å². The number of nitrogens with zero attached hydrogens (tertiary/aromatic N) is 1. The number of para-hydroxylation sites is 1. The minimum absolute atomic E-state index is 0.135. The van der Waals surface area contributed by atoms with Crippen molar-refractivity contribution in [2.45, 2.75) is 12.8 Å². The zero-order chi connectivity index (χ0) is 22.3. The van der Waals surface area contributed by atoms with Crippen LogP contribution in [0.5, 0.6) is 0 Å². The van der Waals surface area contributed by atoms with E-state index in [-0.39, 0.29) is 23.8 Å². The van der Waals surface area contributed by atoms with Crippen molar-refractivity contribution in [1.82, 2.24) is 4.90 Å². The lowest BCUT2D eigenvalue weighted by Gasteiger charge is -2.32. The van der Waals surface area contributed by atoms with Gasteiger partial charge in [-0.25, -0.2) is 4.79 Å². The monoisotopic (exact) mass is 448 g/mol. The Kier molecular flexibility index (Phi) is 6.81. The fraction of sp³-hybridized carbons (Fsp3) is 0.208. The van der Waals surface area contributed by atoms with Gasteiger partial charge < -0.3 is 20.9 Å². The van der Waals surface area contributed by atoms with E-state index in [0.717, 1.165) is 18.5 Å². The van der Waals surface area contributed by atoms with E-state index >= 15 is 0 Å². The van der Waals surface area contributed by atoms with Gasteiger partial charge >= 0.3 is 6.03 Å². The molecule has 7 nitrogen and oxygen atoms in total. The molecule has 3 N–H and O–H groups in total. The van der Waals surface area contributed by atoms with Crippen LogP contribution in [0.3, 0.4) is 0 Å². The molecule has 3 aromatic rings. The first-order valence-corrected chi connectivity index (χ1v) is 11.3. The molecule has 1 aromatic heterocycles. The number of likely N-dealkylation sites (tertiary alicyclic amines) is 1. The first-order chi connectivity index (χ1) is 15.6. The van der Waals surface area contributed by atoms with E-state index in [9.17, 15) is 14.4 Å². The molecule has 0 radical (unpaired) electrons. The smallest absolute Gasteiger partial charge is 0.321 e. The number of anilines is 3. The van der Waals surface area contributed by atoms with E-state index in [0.29, 0.717) is 29.3 Å². The van der Waals surface area contributed by atoms with Crippen molar-refractivity contribution in [2.24, 2.45) is 5.92 Å². The minimum Gasteiger partial charge on any atom is -0.326 e. The summed E-state index contributed by atoms with van der Waals surface area (Å²) in [6, 6.07) is 19.7. The van der Waals surface area contributed by atoms with Gasteiger partial charge in [0.25, 0.3) is 5.91 Å². The summed E-state index contributed by atoms with van der Waals surface area (Å²) in [6.07, 6.45) is 1.48. The number of rotatable bonds is 5. The van der Waals surface area contributed by atoms with Gasteiger partial charge in [-0.3, -0.25) is 9.59 Å². The second-order valence-electron chi connectivity index (χ2n) is 7.58. The molecular formula is C24H24N4O3S.